The largest absolute Gasteiger partial charge is 0.496 e. The lowest BCUT2D eigenvalue weighted by Gasteiger charge is -2.46. The zero-order valence-corrected chi connectivity index (χ0v) is 18.9. The molecule has 0 atom stereocenters. The summed E-state index contributed by atoms with van der Waals surface area (Å²) in [7, 11) is 1.57. The number of likely N-dealkylation sites (tertiary alicyclic amines) is 1. The van der Waals surface area contributed by atoms with Gasteiger partial charge in [-0.25, -0.2) is 4.68 Å². The number of methoxy groups -OCH3 is 1. The minimum Gasteiger partial charge on any atom is -0.496 e. The molecule has 170 valence electrons. The number of piperidine rings is 1. The minimum atomic E-state index is -0.410. The molecule has 0 aliphatic carbocycles. The van der Waals surface area contributed by atoms with E-state index in [9.17, 15) is 9.59 Å². The van der Waals surface area contributed by atoms with Crippen LogP contribution < -0.4 is 9.64 Å². The summed E-state index contributed by atoms with van der Waals surface area (Å²) in [5, 5.41) is 4.80. The van der Waals surface area contributed by atoms with E-state index in [1.54, 1.807) is 31.6 Å². The van der Waals surface area contributed by atoms with Gasteiger partial charge in [-0.1, -0.05) is 12.1 Å². The predicted molar refractivity (Wildman–Crippen MR) is 123 cm³/mol. The summed E-state index contributed by atoms with van der Waals surface area (Å²) in [5.74, 6) is 1.45. The first-order valence-electron chi connectivity index (χ1n) is 11.2. The Morgan fingerprint density at radius 2 is 1.85 bits per heavy atom. The standard InChI is InChI=1S/C25H27N5O3/c1-18-15-22-29(17-19-7-11-26-12-8-19)23(31)16-25(30(22)27-18)9-13-28(14-10-25)24(32)20-5-3-4-6-21(20)33-2/h3-8,11-12,15H,9-10,13-14,16-17H2,1-2H3. The molecule has 1 saturated heterocycles. The van der Waals surface area contributed by atoms with Crippen molar-refractivity contribution in [3.63, 3.8) is 0 Å². The summed E-state index contributed by atoms with van der Waals surface area (Å²) in [6, 6.07) is 13.1. The molecule has 3 aromatic rings. The third kappa shape index (κ3) is 3.75. The molecule has 0 radical (unpaired) electrons. The number of pyridine rings is 1. The van der Waals surface area contributed by atoms with E-state index in [1.165, 1.54) is 0 Å². The highest BCUT2D eigenvalue weighted by Crippen LogP contribution is 2.42. The molecule has 5 rings (SSSR count). The molecular weight excluding hydrogens is 418 g/mol. The van der Waals surface area contributed by atoms with Crippen LogP contribution >= 0.6 is 0 Å². The zero-order chi connectivity index (χ0) is 23.0. The Kier molecular flexibility index (Phi) is 5.36. The average molecular weight is 446 g/mol. The first-order chi connectivity index (χ1) is 16.0. The van der Waals surface area contributed by atoms with Gasteiger partial charge in [-0.3, -0.25) is 19.5 Å². The van der Waals surface area contributed by atoms with Gasteiger partial charge >= 0.3 is 0 Å². The highest BCUT2D eigenvalue weighted by molar-refractivity contribution is 5.97. The highest BCUT2D eigenvalue weighted by Gasteiger charge is 2.46. The second kappa shape index (κ2) is 8.35. The van der Waals surface area contributed by atoms with Crippen LogP contribution in [0.1, 0.15) is 40.9 Å². The van der Waals surface area contributed by atoms with E-state index < -0.39 is 5.54 Å². The SMILES string of the molecule is COc1ccccc1C(=O)N1CCC2(CC1)CC(=O)N(Cc1ccncc1)c1cc(C)nn12. The number of ether oxygens (including phenoxy) is 1. The van der Waals surface area contributed by atoms with Crippen LogP contribution in [-0.2, 0) is 16.9 Å². The van der Waals surface area contributed by atoms with Crippen LogP contribution in [0.2, 0.25) is 0 Å². The Morgan fingerprint density at radius 1 is 1.12 bits per heavy atom. The van der Waals surface area contributed by atoms with Crippen molar-refractivity contribution in [2.75, 3.05) is 25.1 Å². The van der Waals surface area contributed by atoms with E-state index in [4.69, 9.17) is 9.84 Å². The van der Waals surface area contributed by atoms with Gasteiger partial charge in [0.15, 0.2) is 0 Å². The lowest BCUT2D eigenvalue weighted by Crippen LogP contribution is -2.54. The van der Waals surface area contributed by atoms with Crippen LogP contribution in [0.15, 0.2) is 54.9 Å². The summed E-state index contributed by atoms with van der Waals surface area (Å²) in [5.41, 5.74) is 2.06. The van der Waals surface area contributed by atoms with Crippen LogP contribution in [0.4, 0.5) is 5.82 Å². The fourth-order valence-electron chi connectivity index (χ4n) is 4.95. The molecule has 1 aromatic carbocycles. The molecule has 33 heavy (non-hydrogen) atoms. The van der Waals surface area contributed by atoms with Gasteiger partial charge < -0.3 is 9.64 Å². The molecule has 0 N–H and O–H groups in total. The topological polar surface area (TPSA) is 80.6 Å². The first kappa shape index (κ1) is 21.2. The molecule has 0 unspecified atom stereocenters. The minimum absolute atomic E-state index is 0.0411. The monoisotopic (exact) mass is 445 g/mol. The van der Waals surface area contributed by atoms with Crippen molar-refractivity contribution in [1.82, 2.24) is 19.7 Å². The maximum atomic E-state index is 13.3. The Balaban J connectivity index is 1.39. The second-order valence-electron chi connectivity index (χ2n) is 8.78. The van der Waals surface area contributed by atoms with Gasteiger partial charge in [0.1, 0.15) is 11.6 Å². The Hall–Kier alpha value is -3.68. The molecule has 0 saturated carbocycles. The number of nitrogens with zero attached hydrogens (tertiary/aromatic N) is 5. The lowest BCUT2D eigenvalue weighted by atomic mass is 9.82. The number of fused-ring (bicyclic) bond motifs is 2. The van der Waals surface area contributed by atoms with Crippen molar-refractivity contribution in [3.05, 3.63) is 71.7 Å². The number of aryl methyl sites for hydroxylation is 1. The van der Waals surface area contributed by atoms with E-state index >= 15 is 0 Å². The third-order valence-corrected chi connectivity index (χ3v) is 6.73. The molecule has 4 heterocycles. The molecular formula is C25H27N5O3. The van der Waals surface area contributed by atoms with E-state index in [2.05, 4.69) is 4.98 Å². The summed E-state index contributed by atoms with van der Waals surface area (Å²) >= 11 is 0. The fourth-order valence-corrected chi connectivity index (χ4v) is 4.95. The number of anilines is 1. The normalized spacial score (nSPS) is 17.2. The molecule has 2 aliphatic rings. The molecule has 1 spiro atoms. The number of hydrogen-bond acceptors (Lipinski definition) is 5. The van der Waals surface area contributed by atoms with Gasteiger partial charge in [-0.2, -0.15) is 5.10 Å². The Morgan fingerprint density at radius 3 is 2.58 bits per heavy atom. The van der Waals surface area contributed by atoms with Crippen LogP contribution in [0.25, 0.3) is 0 Å². The van der Waals surface area contributed by atoms with Crippen molar-refractivity contribution in [3.8, 4) is 5.75 Å². The number of para-hydroxylation sites is 1. The predicted octanol–water partition coefficient (Wildman–Crippen LogP) is 3.16. The van der Waals surface area contributed by atoms with Crippen molar-refractivity contribution in [2.24, 2.45) is 0 Å². The maximum absolute atomic E-state index is 13.3. The summed E-state index contributed by atoms with van der Waals surface area (Å²) < 4.78 is 7.41. The fraction of sp³-hybridized carbons (Fsp3) is 0.360. The molecule has 0 bridgehead atoms. The van der Waals surface area contributed by atoms with Crippen molar-refractivity contribution in [2.45, 2.75) is 38.3 Å². The van der Waals surface area contributed by atoms with E-state index in [1.807, 2.05) is 51.7 Å². The Bertz CT molecular complexity index is 1180. The maximum Gasteiger partial charge on any atom is 0.257 e. The second-order valence-corrected chi connectivity index (χ2v) is 8.78. The molecule has 2 amide bonds. The van der Waals surface area contributed by atoms with E-state index in [0.29, 0.717) is 50.2 Å². The number of rotatable bonds is 4. The summed E-state index contributed by atoms with van der Waals surface area (Å²) in [4.78, 5) is 34.2. The number of amides is 2. The molecule has 2 aromatic heterocycles. The number of hydrogen-bond donors (Lipinski definition) is 0. The van der Waals surface area contributed by atoms with Gasteiger partial charge in [-0.15, -0.1) is 0 Å². The quantitative estimate of drug-likeness (QED) is 0.616. The molecule has 8 nitrogen and oxygen atoms in total. The van der Waals surface area contributed by atoms with Gasteiger partial charge in [0, 0.05) is 31.5 Å². The van der Waals surface area contributed by atoms with E-state index in [0.717, 1.165) is 17.1 Å². The zero-order valence-electron chi connectivity index (χ0n) is 18.9. The van der Waals surface area contributed by atoms with Gasteiger partial charge in [0.25, 0.3) is 5.91 Å². The number of benzene rings is 1. The first-order valence-corrected chi connectivity index (χ1v) is 11.2. The summed E-state index contributed by atoms with van der Waals surface area (Å²) in [6.45, 7) is 3.56. The molecule has 1 fully saturated rings. The van der Waals surface area contributed by atoms with Crippen LogP contribution in [-0.4, -0.2) is 51.7 Å². The number of carbonyl (C=O) groups excluding carboxylic acids is 2. The smallest absolute Gasteiger partial charge is 0.257 e. The number of aromatic nitrogens is 3. The van der Waals surface area contributed by atoms with Crippen LogP contribution in [0, 0.1) is 6.92 Å². The summed E-state index contributed by atoms with van der Waals surface area (Å²) in [6.07, 6.45) is 5.21. The van der Waals surface area contributed by atoms with Crippen LogP contribution in [0.3, 0.4) is 0 Å². The van der Waals surface area contributed by atoms with Crippen molar-refractivity contribution < 1.29 is 14.3 Å². The van der Waals surface area contributed by atoms with Gasteiger partial charge in [0.2, 0.25) is 5.91 Å². The average Bonchev–Trinajstić information content (AvgIpc) is 3.25. The van der Waals surface area contributed by atoms with Crippen molar-refractivity contribution >= 4 is 17.6 Å². The van der Waals surface area contributed by atoms with Crippen molar-refractivity contribution in [1.29, 1.82) is 0 Å². The van der Waals surface area contributed by atoms with Gasteiger partial charge in [0.05, 0.1) is 36.9 Å². The molecule has 8 heteroatoms. The molecule has 2 aliphatic heterocycles. The lowest BCUT2D eigenvalue weighted by molar-refractivity contribution is -0.123. The third-order valence-electron chi connectivity index (χ3n) is 6.73. The van der Waals surface area contributed by atoms with Gasteiger partial charge in [-0.05, 0) is 49.6 Å². The van der Waals surface area contributed by atoms with E-state index in [-0.39, 0.29) is 11.8 Å². The Labute approximate surface area is 192 Å². The highest BCUT2D eigenvalue weighted by atomic mass is 16.5. The number of carbonyl (C=O) groups is 2. The van der Waals surface area contributed by atoms with Crippen LogP contribution in [0.5, 0.6) is 5.75 Å².